The van der Waals surface area contributed by atoms with Crippen molar-refractivity contribution >= 4 is 29.6 Å². The van der Waals surface area contributed by atoms with Crippen LogP contribution in [0, 0.1) is 5.92 Å². The average Bonchev–Trinajstić information content (AvgIpc) is 2.96. The second-order valence-corrected chi connectivity index (χ2v) is 8.38. The van der Waals surface area contributed by atoms with E-state index in [9.17, 15) is 14.7 Å². The van der Waals surface area contributed by atoms with Gasteiger partial charge in [-0.1, -0.05) is 23.7 Å². The number of hydrogen-bond acceptors (Lipinski definition) is 3. The third-order valence-corrected chi connectivity index (χ3v) is 6.14. The molecule has 6 heteroatoms. The SMILES string of the molecule is CC1(O)CCC(N2CCC(Cc3ccc(/C=C/C(=O)O)cc3Cl)C2=O)CC1. The fraction of sp³-hybridized carbons (Fsp3) is 0.524. The van der Waals surface area contributed by atoms with Crippen molar-refractivity contribution in [1.82, 2.24) is 4.90 Å². The van der Waals surface area contributed by atoms with Gasteiger partial charge in [-0.05, 0) is 68.7 Å². The van der Waals surface area contributed by atoms with E-state index in [1.165, 1.54) is 6.08 Å². The van der Waals surface area contributed by atoms with Crippen LogP contribution in [0.1, 0.15) is 50.2 Å². The Morgan fingerprint density at radius 3 is 2.67 bits per heavy atom. The Kier molecular flexibility index (Phi) is 5.92. The minimum absolute atomic E-state index is 0.0645. The second kappa shape index (κ2) is 8.03. The van der Waals surface area contributed by atoms with Gasteiger partial charge in [-0.3, -0.25) is 4.79 Å². The maximum atomic E-state index is 12.9. The number of amides is 1. The molecule has 3 rings (SSSR count). The molecule has 2 aliphatic rings. The minimum Gasteiger partial charge on any atom is -0.478 e. The lowest BCUT2D eigenvalue weighted by Crippen LogP contribution is -2.43. The van der Waals surface area contributed by atoms with Gasteiger partial charge in [-0.15, -0.1) is 0 Å². The Labute approximate surface area is 164 Å². The van der Waals surface area contributed by atoms with Crippen molar-refractivity contribution in [1.29, 1.82) is 0 Å². The van der Waals surface area contributed by atoms with E-state index in [0.29, 0.717) is 11.4 Å². The lowest BCUT2D eigenvalue weighted by molar-refractivity contribution is -0.134. The lowest BCUT2D eigenvalue weighted by Gasteiger charge is -2.37. The molecule has 1 saturated carbocycles. The first-order valence-electron chi connectivity index (χ1n) is 9.47. The van der Waals surface area contributed by atoms with E-state index >= 15 is 0 Å². The Hall–Kier alpha value is -1.85. The predicted molar refractivity (Wildman–Crippen MR) is 105 cm³/mol. The topological polar surface area (TPSA) is 77.8 Å². The highest BCUT2D eigenvalue weighted by Crippen LogP contribution is 2.35. The molecule has 146 valence electrons. The van der Waals surface area contributed by atoms with Crippen molar-refractivity contribution in [3.05, 3.63) is 40.4 Å². The first kappa shape index (κ1) is 19.9. The van der Waals surface area contributed by atoms with E-state index < -0.39 is 11.6 Å². The third kappa shape index (κ3) is 4.90. The maximum Gasteiger partial charge on any atom is 0.328 e. The number of aliphatic hydroxyl groups is 1. The van der Waals surface area contributed by atoms with Gasteiger partial charge in [-0.2, -0.15) is 0 Å². The smallest absolute Gasteiger partial charge is 0.328 e. The third-order valence-electron chi connectivity index (χ3n) is 5.79. The minimum atomic E-state index is -1.00. The van der Waals surface area contributed by atoms with Gasteiger partial charge >= 0.3 is 5.97 Å². The number of carbonyl (C=O) groups is 2. The summed E-state index contributed by atoms with van der Waals surface area (Å²) in [7, 11) is 0. The molecule has 0 spiro atoms. The van der Waals surface area contributed by atoms with E-state index in [-0.39, 0.29) is 17.9 Å². The van der Waals surface area contributed by atoms with Crippen LogP contribution in [0.2, 0.25) is 5.02 Å². The monoisotopic (exact) mass is 391 g/mol. The zero-order valence-corrected chi connectivity index (χ0v) is 16.3. The molecule has 1 saturated heterocycles. The summed E-state index contributed by atoms with van der Waals surface area (Å²) in [5.74, 6) is -0.881. The Bertz CT molecular complexity index is 749. The number of carboxylic acid groups (broad SMARTS) is 1. The summed E-state index contributed by atoms with van der Waals surface area (Å²) in [6.45, 7) is 2.64. The van der Waals surface area contributed by atoms with Gasteiger partial charge < -0.3 is 15.1 Å². The number of carboxylic acids is 1. The summed E-state index contributed by atoms with van der Waals surface area (Å²) in [5.41, 5.74) is 1.04. The zero-order chi connectivity index (χ0) is 19.6. The summed E-state index contributed by atoms with van der Waals surface area (Å²) in [4.78, 5) is 25.5. The van der Waals surface area contributed by atoms with Crippen LogP contribution in [0.15, 0.2) is 24.3 Å². The molecule has 1 aromatic carbocycles. The first-order valence-corrected chi connectivity index (χ1v) is 9.85. The number of nitrogens with zero attached hydrogens (tertiary/aromatic N) is 1. The Balaban J connectivity index is 1.62. The van der Waals surface area contributed by atoms with E-state index in [2.05, 4.69) is 0 Å². The number of likely N-dealkylation sites (tertiary alicyclic amines) is 1. The van der Waals surface area contributed by atoms with Crippen LogP contribution in [0.25, 0.3) is 6.08 Å². The van der Waals surface area contributed by atoms with Crippen molar-refractivity contribution < 1.29 is 19.8 Å². The summed E-state index contributed by atoms with van der Waals surface area (Å²) in [6.07, 6.45) is 7.19. The summed E-state index contributed by atoms with van der Waals surface area (Å²) < 4.78 is 0. The van der Waals surface area contributed by atoms with Crippen LogP contribution < -0.4 is 0 Å². The van der Waals surface area contributed by atoms with Gasteiger partial charge in [0.1, 0.15) is 0 Å². The van der Waals surface area contributed by atoms with Gasteiger partial charge in [0, 0.05) is 29.6 Å². The summed E-state index contributed by atoms with van der Waals surface area (Å²) >= 11 is 6.35. The number of halogens is 1. The molecule has 2 N–H and O–H groups in total. The molecule has 1 aliphatic heterocycles. The van der Waals surface area contributed by atoms with Crippen molar-refractivity contribution in [3.8, 4) is 0 Å². The fourth-order valence-electron chi connectivity index (χ4n) is 4.12. The Morgan fingerprint density at radius 1 is 1.33 bits per heavy atom. The molecular formula is C21H26ClNO4. The van der Waals surface area contributed by atoms with Crippen molar-refractivity contribution in [2.75, 3.05) is 6.54 Å². The van der Waals surface area contributed by atoms with Crippen LogP contribution in [-0.2, 0) is 16.0 Å². The second-order valence-electron chi connectivity index (χ2n) is 7.97. The van der Waals surface area contributed by atoms with Crippen LogP contribution in [-0.4, -0.2) is 45.2 Å². The van der Waals surface area contributed by atoms with Crippen molar-refractivity contribution in [2.45, 2.75) is 57.1 Å². The standard InChI is InChI=1S/C21H26ClNO4/c1-21(27)9-6-17(7-10-21)23-11-8-16(20(23)26)13-15-4-2-14(12-18(15)22)3-5-19(24)25/h2-5,12,16-17,27H,6-11,13H2,1H3,(H,24,25)/b5-3+. The molecule has 1 aromatic rings. The predicted octanol–water partition coefficient (Wildman–Crippen LogP) is 3.52. The van der Waals surface area contributed by atoms with Crippen LogP contribution >= 0.6 is 11.6 Å². The molecule has 1 amide bonds. The molecule has 1 unspecified atom stereocenters. The first-order chi connectivity index (χ1) is 12.7. The van der Waals surface area contributed by atoms with Gasteiger partial charge in [0.2, 0.25) is 5.91 Å². The quantitative estimate of drug-likeness (QED) is 0.753. The van der Waals surface area contributed by atoms with Crippen LogP contribution in [0.4, 0.5) is 0 Å². The molecule has 0 radical (unpaired) electrons. The number of hydrogen-bond donors (Lipinski definition) is 2. The van der Waals surface area contributed by atoms with Crippen molar-refractivity contribution in [2.24, 2.45) is 5.92 Å². The molecule has 1 aliphatic carbocycles. The summed E-state index contributed by atoms with van der Waals surface area (Å²) in [5, 5.41) is 19.4. The largest absolute Gasteiger partial charge is 0.478 e. The van der Waals surface area contributed by atoms with Crippen LogP contribution in [0.5, 0.6) is 0 Å². The molecule has 1 atom stereocenters. The lowest BCUT2D eigenvalue weighted by atomic mass is 9.83. The normalized spacial score (nSPS) is 28.9. The highest BCUT2D eigenvalue weighted by atomic mass is 35.5. The molecule has 0 aromatic heterocycles. The molecule has 1 heterocycles. The van der Waals surface area contributed by atoms with Gasteiger partial charge in [0.05, 0.1) is 5.60 Å². The number of benzene rings is 1. The van der Waals surface area contributed by atoms with Crippen molar-refractivity contribution in [3.63, 3.8) is 0 Å². The van der Waals surface area contributed by atoms with Gasteiger partial charge in [-0.25, -0.2) is 4.79 Å². The zero-order valence-electron chi connectivity index (χ0n) is 15.5. The van der Waals surface area contributed by atoms with Crippen LogP contribution in [0.3, 0.4) is 0 Å². The number of carbonyl (C=O) groups excluding carboxylic acids is 1. The summed E-state index contributed by atoms with van der Waals surface area (Å²) in [6, 6.07) is 5.66. The number of rotatable bonds is 5. The molecule has 2 fully saturated rings. The highest BCUT2D eigenvalue weighted by molar-refractivity contribution is 6.31. The van der Waals surface area contributed by atoms with E-state index in [4.69, 9.17) is 16.7 Å². The van der Waals surface area contributed by atoms with E-state index in [0.717, 1.165) is 55.9 Å². The number of aliphatic carboxylic acids is 1. The average molecular weight is 392 g/mol. The maximum absolute atomic E-state index is 12.9. The molecular weight excluding hydrogens is 366 g/mol. The molecule has 27 heavy (non-hydrogen) atoms. The van der Waals surface area contributed by atoms with E-state index in [1.807, 2.05) is 24.0 Å². The highest BCUT2D eigenvalue weighted by Gasteiger charge is 2.39. The Morgan fingerprint density at radius 2 is 2.04 bits per heavy atom. The van der Waals surface area contributed by atoms with Gasteiger partial charge in [0.25, 0.3) is 0 Å². The molecule has 5 nitrogen and oxygen atoms in total. The van der Waals surface area contributed by atoms with E-state index in [1.54, 1.807) is 6.07 Å². The fourth-order valence-corrected chi connectivity index (χ4v) is 4.38. The molecule has 0 bridgehead atoms. The van der Waals surface area contributed by atoms with Gasteiger partial charge in [0.15, 0.2) is 0 Å².